The van der Waals surface area contributed by atoms with Crippen molar-refractivity contribution in [2.24, 2.45) is 18.9 Å². The molecule has 1 aromatic heterocycles. The number of aromatic nitrogens is 2. The highest BCUT2D eigenvalue weighted by Gasteiger charge is 2.27. The minimum absolute atomic E-state index is 0.488. The number of hydrogen-bond acceptors (Lipinski definition) is 2. The zero-order valence-electron chi connectivity index (χ0n) is 11.3. The maximum absolute atomic E-state index is 4.29. The van der Waals surface area contributed by atoms with Crippen LogP contribution in [0.25, 0.3) is 0 Å². The maximum atomic E-state index is 4.29. The quantitative estimate of drug-likeness (QED) is 0.869. The first-order valence-electron chi connectivity index (χ1n) is 6.90. The Hall–Kier alpha value is -0.830. The molecular weight excluding hydrogens is 210 g/mol. The molecule has 17 heavy (non-hydrogen) atoms. The van der Waals surface area contributed by atoms with Gasteiger partial charge in [-0.1, -0.05) is 26.2 Å². The molecule has 2 rings (SSSR count). The predicted molar refractivity (Wildman–Crippen MR) is 70.7 cm³/mol. The molecule has 0 amide bonds. The van der Waals surface area contributed by atoms with E-state index < -0.39 is 0 Å². The number of aryl methyl sites for hydroxylation is 1. The van der Waals surface area contributed by atoms with Gasteiger partial charge < -0.3 is 5.32 Å². The first-order valence-corrected chi connectivity index (χ1v) is 6.90. The lowest BCUT2D eigenvalue weighted by Crippen LogP contribution is -2.28. The fourth-order valence-electron chi connectivity index (χ4n) is 3.21. The number of hydrogen-bond donors (Lipinski definition) is 1. The molecule has 3 heteroatoms. The van der Waals surface area contributed by atoms with Crippen molar-refractivity contribution < 1.29 is 0 Å². The van der Waals surface area contributed by atoms with Gasteiger partial charge in [0.1, 0.15) is 0 Å². The van der Waals surface area contributed by atoms with Crippen LogP contribution in [0.5, 0.6) is 0 Å². The Morgan fingerprint density at radius 1 is 1.41 bits per heavy atom. The molecule has 0 saturated heterocycles. The highest BCUT2D eigenvalue weighted by atomic mass is 15.2. The van der Waals surface area contributed by atoms with Crippen LogP contribution in [-0.2, 0) is 7.05 Å². The molecule has 0 bridgehead atoms. The summed E-state index contributed by atoms with van der Waals surface area (Å²) in [5.41, 5.74) is 1.34. The number of nitrogens with one attached hydrogen (secondary N) is 1. The first-order chi connectivity index (χ1) is 8.24. The molecule has 1 saturated carbocycles. The van der Waals surface area contributed by atoms with Crippen molar-refractivity contribution >= 4 is 0 Å². The minimum atomic E-state index is 0.488. The fourth-order valence-corrected chi connectivity index (χ4v) is 3.21. The van der Waals surface area contributed by atoms with Gasteiger partial charge in [-0.2, -0.15) is 5.10 Å². The van der Waals surface area contributed by atoms with Crippen LogP contribution in [0.4, 0.5) is 0 Å². The smallest absolute Gasteiger partial charge is 0.0537 e. The van der Waals surface area contributed by atoms with Crippen molar-refractivity contribution in [1.82, 2.24) is 15.1 Å². The second kappa shape index (κ2) is 5.67. The van der Waals surface area contributed by atoms with Gasteiger partial charge in [-0.05, 0) is 31.7 Å². The van der Waals surface area contributed by atoms with E-state index >= 15 is 0 Å². The van der Waals surface area contributed by atoms with Crippen molar-refractivity contribution in [3.05, 3.63) is 18.0 Å². The van der Waals surface area contributed by atoms with Crippen LogP contribution in [0.3, 0.4) is 0 Å². The number of rotatable bonds is 4. The Kier molecular flexibility index (Phi) is 4.21. The molecule has 1 unspecified atom stereocenters. The molecule has 1 atom stereocenters. The molecule has 0 spiro atoms. The largest absolute Gasteiger partial charge is 0.313 e. The van der Waals surface area contributed by atoms with Crippen molar-refractivity contribution in [3.8, 4) is 0 Å². The van der Waals surface area contributed by atoms with Gasteiger partial charge in [-0.15, -0.1) is 0 Å². The molecule has 0 radical (unpaired) electrons. The summed E-state index contributed by atoms with van der Waals surface area (Å²) >= 11 is 0. The Bertz CT molecular complexity index is 337. The third kappa shape index (κ3) is 2.89. The van der Waals surface area contributed by atoms with Crippen LogP contribution in [0.2, 0.25) is 0 Å². The topological polar surface area (TPSA) is 29.9 Å². The van der Waals surface area contributed by atoms with E-state index in [1.165, 1.54) is 37.7 Å². The van der Waals surface area contributed by atoms with Gasteiger partial charge in [0.2, 0.25) is 0 Å². The van der Waals surface area contributed by atoms with E-state index in [1.54, 1.807) is 0 Å². The minimum Gasteiger partial charge on any atom is -0.313 e. The molecule has 1 aliphatic rings. The average Bonchev–Trinajstić information content (AvgIpc) is 2.78. The summed E-state index contributed by atoms with van der Waals surface area (Å²) in [7, 11) is 4.06. The molecule has 0 aromatic carbocycles. The normalized spacial score (nSPS) is 27.0. The van der Waals surface area contributed by atoms with Crippen molar-refractivity contribution in [3.63, 3.8) is 0 Å². The molecular formula is C14H25N3. The van der Waals surface area contributed by atoms with Gasteiger partial charge in [0, 0.05) is 24.8 Å². The average molecular weight is 235 g/mol. The molecule has 1 heterocycles. The van der Waals surface area contributed by atoms with E-state index in [9.17, 15) is 0 Å². The van der Waals surface area contributed by atoms with Crippen LogP contribution in [0.1, 0.15) is 50.6 Å². The summed E-state index contributed by atoms with van der Waals surface area (Å²) in [4.78, 5) is 0. The molecule has 1 fully saturated rings. The van der Waals surface area contributed by atoms with Crippen molar-refractivity contribution in [2.75, 3.05) is 7.05 Å². The van der Waals surface area contributed by atoms with Crippen LogP contribution in [0.15, 0.2) is 12.4 Å². The highest BCUT2D eigenvalue weighted by molar-refractivity contribution is 5.11. The molecule has 1 N–H and O–H groups in total. The molecule has 1 aromatic rings. The van der Waals surface area contributed by atoms with Gasteiger partial charge in [-0.3, -0.25) is 4.68 Å². The molecule has 0 aliphatic heterocycles. The van der Waals surface area contributed by atoms with E-state index in [1.807, 2.05) is 17.9 Å². The van der Waals surface area contributed by atoms with Crippen LogP contribution >= 0.6 is 0 Å². The second-order valence-electron chi connectivity index (χ2n) is 5.40. The predicted octanol–water partition coefficient (Wildman–Crippen LogP) is 2.90. The summed E-state index contributed by atoms with van der Waals surface area (Å²) in [5, 5.41) is 7.77. The van der Waals surface area contributed by atoms with Crippen LogP contribution in [0, 0.1) is 11.8 Å². The van der Waals surface area contributed by atoms with Crippen molar-refractivity contribution in [2.45, 2.75) is 45.1 Å². The fraction of sp³-hybridized carbons (Fsp3) is 0.786. The van der Waals surface area contributed by atoms with E-state index in [0.29, 0.717) is 6.04 Å². The molecule has 3 nitrogen and oxygen atoms in total. The third-order valence-corrected chi connectivity index (χ3v) is 4.34. The van der Waals surface area contributed by atoms with Crippen LogP contribution in [-0.4, -0.2) is 16.8 Å². The Labute approximate surface area is 105 Å². The van der Waals surface area contributed by atoms with Gasteiger partial charge in [0.05, 0.1) is 6.20 Å². The standard InChI is InChI=1S/C14H25N3/c1-4-11-5-7-12(8-6-11)14(15-2)13-9-16-17(3)10-13/h9-12,14-15H,4-8H2,1-3H3. The van der Waals surface area contributed by atoms with E-state index in [-0.39, 0.29) is 0 Å². The third-order valence-electron chi connectivity index (χ3n) is 4.34. The first kappa shape index (κ1) is 12.6. The lowest BCUT2D eigenvalue weighted by Gasteiger charge is -2.33. The van der Waals surface area contributed by atoms with E-state index in [0.717, 1.165) is 11.8 Å². The van der Waals surface area contributed by atoms with E-state index in [4.69, 9.17) is 0 Å². The van der Waals surface area contributed by atoms with Gasteiger partial charge in [0.15, 0.2) is 0 Å². The Morgan fingerprint density at radius 3 is 2.59 bits per heavy atom. The summed E-state index contributed by atoms with van der Waals surface area (Å²) in [5.74, 6) is 1.75. The second-order valence-corrected chi connectivity index (χ2v) is 5.40. The lowest BCUT2D eigenvalue weighted by atomic mass is 9.76. The zero-order valence-corrected chi connectivity index (χ0v) is 11.3. The highest BCUT2D eigenvalue weighted by Crippen LogP contribution is 2.37. The summed E-state index contributed by atoms with van der Waals surface area (Å²) in [6.07, 6.45) is 11.0. The lowest BCUT2D eigenvalue weighted by molar-refractivity contribution is 0.224. The summed E-state index contributed by atoms with van der Waals surface area (Å²) in [6, 6.07) is 0.488. The zero-order chi connectivity index (χ0) is 12.3. The maximum Gasteiger partial charge on any atom is 0.0537 e. The molecule has 96 valence electrons. The summed E-state index contributed by atoms with van der Waals surface area (Å²) < 4.78 is 1.90. The van der Waals surface area contributed by atoms with Gasteiger partial charge in [0.25, 0.3) is 0 Å². The van der Waals surface area contributed by atoms with E-state index in [2.05, 4.69) is 30.6 Å². The summed E-state index contributed by atoms with van der Waals surface area (Å²) in [6.45, 7) is 2.32. The number of nitrogens with zero attached hydrogens (tertiary/aromatic N) is 2. The van der Waals surface area contributed by atoms with Crippen molar-refractivity contribution in [1.29, 1.82) is 0 Å². The van der Waals surface area contributed by atoms with Gasteiger partial charge in [-0.25, -0.2) is 0 Å². The monoisotopic (exact) mass is 235 g/mol. The Morgan fingerprint density at radius 2 is 2.12 bits per heavy atom. The van der Waals surface area contributed by atoms with Crippen LogP contribution < -0.4 is 5.32 Å². The molecule has 1 aliphatic carbocycles. The Balaban J connectivity index is 2.00. The van der Waals surface area contributed by atoms with Gasteiger partial charge >= 0.3 is 0 Å². The SMILES string of the molecule is CCC1CCC(C(NC)c2cnn(C)c2)CC1.